The molecular weight excluding hydrogens is 280 g/mol. The maximum Gasteiger partial charge on any atom is 0.329 e. The standard InChI is InChI=1S/C12H18N4O3S/c1-8(2)16-7-13-15-11(16)20-6-9(17)14-12(10(18)19)4-3-5-12/h7-8H,3-6H2,1-2H3,(H,14,17)(H,18,19). The van der Waals surface area contributed by atoms with Gasteiger partial charge in [-0.15, -0.1) is 10.2 Å². The monoisotopic (exact) mass is 298 g/mol. The third-order valence-corrected chi connectivity index (χ3v) is 4.38. The van der Waals surface area contributed by atoms with Gasteiger partial charge in [-0.25, -0.2) is 4.79 Å². The van der Waals surface area contributed by atoms with Gasteiger partial charge in [0.15, 0.2) is 5.16 Å². The van der Waals surface area contributed by atoms with Crippen molar-refractivity contribution in [3.8, 4) is 0 Å². The summed E-state index contributed by atoms with van der Waals surface area (Å²) in [5.41, 5.74) is -1.05. The van der Waals surface area contributed by atoms with E-state index in [-0.39, 0.29) is 17.7 Å². The normalized spacial score (nSPS) is 16.8. The quantitative estimate of drug-likeness (QED) is 0.763. The average molecular weight is 298 g/mol. The Morgan fingerprint density at radius 2 is 2.25 bits per heavy atom. The van der Waals surface area contributed by atoms with Crippen molar-refractivity contribution in [3.63, 3.8) is 0 Å². The number of nitrogens with one attached hydrogen (secondary N) is 1. The Bertz CT molecular complexity index is 511. The first-order valence-electron chi connectivity index (χ1n) is 6.51. The second-order valence-corrected chi connectivity index (χ2v) is 6.13. The summed E-state index contributed by atoms with van der Waals surface area (Å²) >= 11 is 1.26. The molecule has 1 aromatic heterocycles. The minimum Gasteiger partial charge on any atom is -0.480 e. The fraction of sp³-hybridized carbons (Fsp3) is 0.667. The molecule has 7 nitrogen and oxygen atoms in total. The van der Waals surface area contributed by atoms with Gasteiger partial charge < -0.3 is 15.0 Å². The number of nitrogens with zero attached hydrogens (tertiary/aromatic N) is 3. The van der Waals surface area contributed by atoms with Gasteiger partial charge >= 0.3 is 5.97 Å². The minimum atomic E-state index is -1.05. The molecule has 0 aliphatic heterocycles. The van der Waals surface area contributed by atoms with Crippen molar-refractivity contribution < 1.29 is 14.7 Å². The molecule has 2 N–H and O–H groups in total. The van der Waals surface area contributed by atoms with E-state index in [4.69, 9.17) is 5.11 Å². The van der Waals surface area contributed by atoms with Crippen LogP contribution in [0.25, 0.3) is 0 Å². The summed E-state index contributed by atoms with van der Waals surface area (Å²) in [5.74, 6) is -1.09. The first-order chi connectivity index (χ1) is 9.44. The molecule has 1 saturated carbocycles. The smallest absolute Gasteiger partial charge is 0.329 e. The number of carbonyl (C=O) groups is 2. The van der Waals surface area contributed by atoms with Crippen LogP contribution in [-0.2, 0) is 9.59 Å². The predicted molar refractivity (Wildman–Crippen MR) is 73.5 cm³/mol. The third kappa shape index (κ3) is 2.95. The van der Waals surface area contributed by atoms with Crippen LogP contribution >= 0.6 is 11.8 Å². The lowest BCUT2D eigenvalue weighted by Crippen LogP contribution is -2.59. The summed E-state index contributed by atoms with van der Waals surface area (Å²) in [6.07, 6.45) is 3.46. The van der Waals surface area contributed by atoms with E-state index in [1.54, 1.807) is 6.33 Å². The zero-order chi connectivity index (χ0) is 14.8. The maximum absolute atomic E-state index is 11.9. The zero-order valence-corrected chi connectivity index (χ0v) is 12.3. The number of carboxylic acid groups (broad SMARTS) is 1. The molecule has 110 valence electrons. The summed E-state index contributed by atoms with van der Waals surface area (Å²) < 4.78 is 1.87. The summed E-state index contributed by atoms with van der Waals surface area (Å²) in [6.45, 7) is 4.00. The van der Waals surface area contributed by atoms with E-state index in [1.165, 1.54) is 11.8 Å². The van der Waals surface area contributed by atoms with E-state index in [0.717, 1.165) is 6.42 Å². The Hall–Kier alpha value is -1.57. The van der Waals surface area contributed by atoms with Crippen LogP contribution in [-0.4, -0.2) is 43.0 Å². The van der Waals surface area contributed by atoms with Crippen molar-refractivity contribution in [2.45, 2.75) is 49.8 Å². The van der Waals surface area contributed by atoms with Crippen LogP contribution in [0.4, 0.5) is 0 Å². The first-order valence-corrected chi connectivity index (χ1v) is 7.50. The van der Waals surface area contributed by atoms with E-state index in [2.05, 4.69) is 15.5 Å². The number of rotatable bonds is 6. The van der Waals surface area contributed by atoms with Crippen LogP contribution in [0, 0.1) is 0 Å². The summed E-state index contributed by atoms with van der Waals surface area (Å²) in [6, 6.07) is 0.215. The highest BCUT2D eigenvalue weighted by Gasteiger charge is 2.45. The molecule has 8 heteroatoms. The molecule has 1 aromatic rings. The van der Waals surface area contributed by atoms with Gasteiger partial charge in [-0.1, -0.05) is 11.8 Å². The molecule has 1 fully saturated rings. The maximum atomic E-state index is 11.9. The van der Waals surface area contributed by atoms with Crippen molar-refractivity contribution in [1.82, 2.24) is 20.1 Å². The van der Waals surface area contributed by atoms with Crippen molar-refractivity contribution in [2.24, 2.45) is 0 Å². The number of aliphatic carboxylic acids is 1. The number of thioether (sulfide) groups is 1. The molecule has 0 radical (unpaired) electrons. The highest BCUT2D eigenvalue weighted by molar-refractivity contribution is 7.99. The van der Waals surface area contributed by atoms with Gasteiger partial charge in [0.2, 0.25) is 5.91 Å². The largest absolute Gasteiger partial charge is 0.480 e. The number of carbonyl (C=O) groups excluding carboxylic acids is 1. The molecule has 0 atom stereocenters. The van der Waals surface area contributed by atoms with Crippen LogP contribution in [0.1, 0.15) is 39.2 Å². The van der Waals surface area contributed by atoms with E-state index in [0.29, 0.717) is 18.0 Å². The molecule has 1 aliphatic carbocycles. The van der Waals surface area contributed by atoms with Gasteiger partial charge in [-0.2, -0.15) is 0 Å². The number of carboxylic acids is 1. The highest BCUT2D eigenvalue weighted by atomic mass is 32.2. The minimum absolute atomic E-state index is 0.139. The summed E-state index contributed by atoms with van der Waals surface area (Å²) in [7, 11) is 0. The average Bonchev–Trinajstić information content (AvgIpc) is 2.79. The van der Waals surface area contributed by atoms with Crippen LogP contribution < -0.4 is 5.32 Å². The van der Waals surface area contributed by atoms with Crippen molar-refractivity contribution in [3.05, 3.63) is 6.33 Å². The lowest BCUT2D eigenvalue weighted by Gasteiger charge is -2.38. The summed E-state index contributed by atoms with van der Waals surface area (Å²) in [4.78, 5) is 23.0. The van der Waals surface area contributed by atoms with Crippen LogP contribution in [0.15, 0.2) is 11.5 Å². The van der Waals surface area contributed by atoms with E-state index >= 15 is 0 Å². The Labute approximate surface area is 121 Å². The van der Waals surface area contributed by atoms with Crippen LogP contribution in [0.5, 0.6) is 0 Å². The highest BCUT2D eigenvalue weighted by Crippen LogP contribution is 2.32. The number of hydrogen-bond acceptors (Lipinski definition) is 5. The molecule has 0 saturated heterocycles. The topological polar surface area (TPSA) is 97.1 Å². The van der Waals surface area contributed by atoms with Crippen LogP contribution in [0.3, 0.4) is 0 Å². The predicted octanol–water partition coefficient (Wildman–Crippen LogP) is 1.07. The Morgan fingerprint density at radius 1 is 1.55 bits per heavy atom. The fourth-order valence-corrected chi connectivity index (χ4v) is 2.89. The Kier molecular flexibility index (Phi) is 4.32. The van der Waals surface area contributed by atoms with Crippen LogP contribution in [0.2, 0.25) is 0 Å². The van der Waals surface area contributed by atoms with E-state index in [9.17, 15) is 9.59 Å². The molecular formula is C12H18N4O3S. The second-order valence-electron chi connectivity index (χ2n) is 5.19. The first kappa shape index (κ1) is 14.8. The van der Waals surface area contributed by atoms with E-state index < -0.39 is 11.5 Å². The van der Waals surface area contributed by atoms with Gasteiger partial charge in [-0.3, -0.25) is 4.79 Å². The van der Waals surface area contributed by atoms with Gasteiger partial charge in [0, 0.05) is 6.04 Å². The molecule has 2 rings (SSSR count). The fourth-order valence-electron chi connectivity index (χ4n) is 2.05. The zero-order valence-electron chi connectivity index (χ0n) is 11.5. The van der Waals surface area contributed by atoms with E-state index in [1.807, 2.05) is 18.4 Å². The SMILES string of the molecule is CC(C)n1cnnc1SCC(=O)NC1(C(=O)O)CCC1. The number of amides is 1. The summed E-state index contributed by atoms with van der Waals surface area (Å²) in [5, 5.41) is 20.2. The van der Waals surface area contributed by atoms with Crippen molar-refractivity contribution >= 4 is 23.6 Å². The number of aromatic nitrogens is 3. The molecule has 1 heterocycles. The molecule has 0 bridgehead atoms. The van der Waals surface area contributed by atoms with Crippen molar-refractivity contribution in [2.75, 3.05) is 5.75 Å². The molecule has 0 aromatic carbocycles. The molecule has 1 amide bonds. The lowest BCUT2D eigenvalue weighted by molar-refractivity contribution is -0.151. The Balaban J connectivity index is 1.89. The van der Waals surface area contributed by atoms with Gasteiger partial charge in [-0.05, 0) is 33.1 Å². The van der Waals surface area contributed by atoms with Gasteiger partial charge in [0.1, 0.15) is 11.9 Å². The van der Waals surface area contributed by atoms with Crippen molar-refractivity contribution in [1.29, 1.82) is 0 Å². The second kappa shape index (κ2) is 5.82. The Morgan fingerprint density at radius 3 is 2.75 bits per heavy atom. The third-order valence-electron chi connectivity index (χ3n) is 3.42. The lowest BCUT2D eigenvalue weighted by atomic mass is 9.77. The van der Waals surface area contributed by atoms with Gasteiger partial charge in [0.25, 0.3) is 0 Å². The molecule has 0 unspecified atom stereocenters. The molecule has 20 heavy (non-hydrogen) atoms. The number of hydrogen-bond donors (Lipinski definition) is 2. The van der Waals surface area contributed by atoms with Gasteiger partial charge in [0.05, 0.1) is 5.75 Å². The molecule has 0 spiro atoms. The molecule has 1 aliphatic rings.